The Bertz CT molecular complexity index is 3900. The van der Waals surface area contributed by atoms with Crippen molar-refractivity contribution in [3.8, 4) is 55.1 Å². The Morgan fingerprint density at radius 3 is 1.19 bits per heavy atom. The first kappa shape index (κ1) is 35.8. The smallest absolute Gasteiger partial charge is 0.124 e. The Kier molecular flexibility index (Phi) is 8.15. The third-order valence-corrected chi connectivity index (χ3v) is 14.1. The molecule has 292 valence electrons. The Morgan fingerprint density at radius 2 is 0.651 bits per heavy atom. The van der Waals surface area contributed by atoms with Gasteiger partial charge in [0.15, 0.2) is 0 Å². The molecular formula is C61H37NS. The summed E-state index contributed by atoms with van der Waals surface area (Å²) < 4.78 is 1.20. The van der Waals surface area contributed by atoms with Crippen molar-refractivity contribution in [2.75, 3.05) is 0 Å². The third-order valence-electron chi connectivity index (χ3n) is 13.0. The molecule has 12 aromatic carbocycles. The predicted octanol–water partition coefficient (Wildman–Crippen LogP) is 17.6. The van der Waals surface area contributed by atoms with E-state index in [1.54, 1.807) is 11.3 Å². The number of fused-ring (bicyclic) bond motifs is 7. The quantitative estimate of drug-likeness (QED) is 0.158. The van der Waals surface area contributed by atoms with Crippen molar-refractivity contribution in [1.82, 2.24) is 4.98 Å². The SMILES string of the molecule is c1cc(-c2nc3ccccc3s2)cc(-c2c3ccccc3c(-c3ccc4c(-c5ccc6ccccc6c5)c5ccccc5c(-c5ccc6ccccc6c5)c4c3)c3ccccc23)c1. The van der Waals surface area contributed by atoms with Crippen LogP contribution in [-0.4, -0.2) is 4.98 Å². The monoisotopic (exact) mass is 815 g/mol. The lowest BCUT2D eigenvalue weighted by molar-refractivity contribution is 1.48. The van der Waals surface area contributed by atoms with Crippen LogP contribution < -0.4 is 0 Å². The van der Waals surface area contributed by atoms with Gasteiger partial charge in [-0.3, -0.25) is 0 Å². The summed E-state index contributed by atoms with van der Waals surface area (Å²) >= 11 is 1.75. The molecule has 0 radical (unpaired) electrons. The van der Waals surface area contributed by atoms with Gasteiger partial charge in [-0.25, -0.2) is 4.98 Å². The first-order chi connectivity index (χ1) is 31.2. The van der Waals surface area contributed by atoms with Crippen LogP contribution in [0.3, 0.4) is 0 Å². The Morgan fingerprint density at radius 1 is 0.254 bits per heavy atom. The minimum Gasteiger partial charge on any atom is -0.236 e. The molecule has 0 unspecified atom stereocenters. The minimum absolute atomic E-state index is 1.04. The highest BCUT2D eigenvalue weighted by Crippen LogP contribution is 2.49. The molecule has 0 aliphatic rings. The van der Waals surface area contributed by atoms with E-state index < -0.39 is 0 Å². The molecule has 13 aromatic rings. The molecule has 0 aliphatic heterocycles. The third kappa shape index (κ3) is 5.80. The maximum Gasteiger partial charge on any atom is 0.124 e. The van der Waals surface area contributed by atoms with Crippen LogP contribution >= 0.6 is 11.3 Å². The van der Waals surface area contributed by atoms with Crippen LogP contribution in [0.25, 0.3) is 130 Å². The number of rotatable bonds is 5. The Hall–Kier alpha value is -7.91. The zero-order chi connectivity index (χ0) is 41.4. The highest BCUT2D eigenvalue weighted by atomic mass is 32.1. The highest BCUT2D eigenvalue weighted by Gasteiger charge is 2.21. The number of hydrogen-bond donors (Lipinski definition) is 0. The van der Waals surface area contributed by atoms with Crippen LogP contribution in [-0.2, 0) is 0 Å². The fraction of sp³-hybridized carbons (Fsp3) is 0. The number of benzene rings is 12. The van der Waals surface area contributed by atoms with E-state index in [0.29, 0.717) is 0 Å². The fourth-order valence-electron chi connectivity index (χ4n) is 10.2. The second-order valence-electron chi connectivity index (χ2n) is 16.6. The normalized spacial score (nSPS) is 11.8. The van der Waals surface area contributed by atoms with E-state index in [9.17, 15) is 0 Å². The van der Waals surface area contributed by atoms with E-state index in [0.717, 1.165) is 16.1 Å². The fourth-order valence-corrected chi connectivity index (χ4v) is 11.2. The summed E-state index contributed by atoms with van der Waals surface area (Å²) in [5, 5.41) is 15.9. The van der Waals surface area contributed by atoms with Gasteiger partial charge < -0.3 is 0 Å². The van der Waals surface area contributed by atoms with E-state index in [2.05, 4.69) is 224 Å². The summed E-state index contributed by atoms with van der Waals surface area (Å²) in [5.41, 5.74) is 12.0. The number of nitrogens with zero attached hydrogens (tertiary/aromatic N) is 1. The van der Waals surface area contributed by atoms with Gasteiger partial charge >= 0.3 is 0 Å². The van der Waals surface area contributed by atoms with Gasteiger partial charge in [-0.15, -0.1) is 11.3 Å². The van der Waals surface area contributed by atoms with Gasteiger partial charge in [0.1, 0.15) is 5.01 Å². The van der Waals surface area contributed by atoms with Crippen molar-refractivity contribution in [3.63, 3.8) is 0 Å². The molecule has 0 fully saturated rings. The van der Waals surface area contributed by atoms with Crippen LogP contribution in [0.15, 0.2) is 224 Å². The van der Waals surface area contributed by atoms with Crippen molar-refractivity contribution in [1.29, 1.82) is 0 Å². The predicted molar refractivity (Wildman–Crippen MR) is 272 cm³/mol. The zero-order valence-corrected chi connectivity index (χ0v) is 35.0. The number of thiazole rings is 1. The standard InChI is InChI=1S/C61H37NS/c1-3-16-40-34-43(30-28-38(40)14-1)58-51-24-9-10-25-52(51)60(44-31-29-39-15-2-4-17-41(39)35-44)54-37-45(32-33-53(54)58)59-49-22-7-5-20-47(49)57(48-21-6-8-23-50(48)59)42-18-13-19-46(36-42)61-62-55-26-11-12-27-56(55)63-61/h1-37H. The van der Waals surface area contributed by atoms with Gasteiger partial charge in [0, 0.05) is 5.56 Å². The van der Waals surface area contributed by atoms with E-state index in [4.69, 9.17) is 4.98 Å². The van der Waals surface area contributed by atoms with Crippen LogP contribution in [0.5, 0.6) is 0 Å². The molecule has 0 N–H and O–H groups in total. The second-order valence-corrected chi connectivity index (χ2v) is 17.6. The van der Waals surface area contributed by atoms with Crippen LogP contribution in [0.1, 0.15) is 0 Å². The Labute approximate surface area is 368 Å². The summed E-state index contributed by atoms with van der Waals surface area (Å²) in [7, 11) is 0. The van der Waals surface area contributed by atoms with Gasteiger partial charge in [0.2, 0.25) is 0 Å². The van der Waals surface area contributed by atoms with Crippen LogP contribution in [0, 0.1) is 0 Å². The molecule has 0 amide bonds. The van der Waals surface area contributed by atoms with Gasteiger partial charge in [-0.1, -0.05) is 188 Å². The minimum atomic E-state index is 1.04. The first-order valence-electron chi connectivity index (χ1n) is 21.6. The Balaban J connectivity index is 1.09. The molecule has 0 saturated carbocycles. The molecule has 2 heteroatoms. The molecule has 0 bridgehead atoms. The van der Waals surface area contributed by atoms with Crippen molar-refractivity contribution >= 4 is 86.2 Å². The van der Waals surface area contributed by atoms with E-state index >= 15 is 0 Å². The van der Waals surface area contributed by atoms with Gasteiger partial charge in [-0.05, 0) is 146 Å². The largest absolute Gasteiger partial charge is 0.236 e. The topological polar surface area (TPSA) is 12.9 Å². The molecule has 0 atom stereocenters. The van der Waals surface area contributed by atoms with Gasteiger partial charge in [-0.2, -0.15) is 0 Å². The lowest BCUT2D eigenvalue weighted by atomic mass is 9.82. The zero-order valence-electron chi connectivity index (χ0n) is 34.2. The van der Waals surface area contributed by atoms with E-state index in [1.807, 2.05) is 0 Å². The highest BCUT2D eigenvalue weighted by molar-refractivity contribution is 7.21. The van der Waals surface area contributed by atoms with Crippen molar-refractivity contribution in [3.05, 3.63) is 224 Å². The molecule has 0 spiro atoms. The number of aromatic nitrogens is 1. The van der Waals surface area contributed by atoms with Crippen molar-refractivity contribution in [2.45, 2.75) is 0 Å². The maximum absolute atomic E-state index is 5.04. The number of para-hydroxylation sites is 1. The van der Waals surface area contributed by atoms with Crippen LogP contribution in [0.4, 0.5) is 0 Å². The van der Waals surface area contributed by atoms with Crippen molar-refractivity contribution in [2.24, 2.45) is 0 Å². The van der Waals surface area contributed by atoms with Gasteiger partial charge in [0.05, 0.1) is 10.2 Å². The summed E-state index contributed by atoms with van der Waals surface area (Å²) in [6, 6.07) is 82.9. The molecule has 1 nitrogen and oxygen atoms in total. The molecule has 0 aliphatic carbocycles. The van der Waals surface area contributed by atoms with E-state index in [-0.39, 0.29) is 0 Å². The molecule has 1 aromatic heterocycles. The lowest BCUT2D eigenvalue weighted by Crippen LogP contribution is -1.94. The summed E-state index contributed by atoms with van der Waals surface area (Å²) in [6.45, 7) is 0. The van der Waals surface area contributed by atoms with E-state index in [1.165, 1.54) is 114 Å². The first-order valence-corrected chi connectivity index (χ1v) is 22.4. The maximum atomic E-state index is 5.04. The average Bonchev–Trinajstić information content (AvgIpc) is 3.79. The summed E-state index contributed by atoms with van der Waals surface area (Å²) in [4.78, 5) is 5.04. The molecule has 13 rings (SSSR count). The molecule has 0 saturated heterocycles. The second kappa shape index (κ2) is 14.3. The lowest BCUT2D eigenvalue weighted by Gasteiger charge is -2.21. The number of hydrogen-bond acceptors (Lipinski definition) is 2. The average molecular weight is 816 g/mol. The summed E-state index contributed by atoms with van der Waals surface area (Å²) in [5.74, 6) is 0. The van der Waals surface area contributed by atoms with Crippen LogP contribution in [0.2, 0.25) is 0 Å². The molecule has 63 heavy (non-hydrogen) atoms. The van der Waals surface area contributed by atoms with Crippen molar-refractivity contribution < 1.29 is 0 Å². The van der Waals surface area contributed by atoms with Gasteiger partial charge in [0.25, 0.3) is 0 Å². The summed E-state index contributed by atoms with van der Waals surface area (Å²) in [6.07, 6.45) is 0. The molecular weight excluding hydrogens is 779 g/mol. The molecule has 1 heterocycles.